The molecule has 0 saturated heterocycles. The van der Waals surface area contributed by atoms with E-state index >= 15 is 0 Å². The summed E-state index contributed by atoms with van der Waals surface area (Å²) in [5, 5.41) is 12.4. The Morgan fingerprint density at radius 2 is 2.22 bits per heavy atom. The van der Waals surface area contributed by atoms with Crippen molar-refractivity contribution in [3.8, 4) is 6.07 Å². The van der Waals surface area contributed by atoms with Crippen LogP contribution in [-0.4, -0.2) is 6.54 Å². The van der Waals surface area contributed by atoms with Crippen LogP contribution >= 0.6 is 15.9 Å². The highest BCUT2D eigenvalue weighted by Crippen LogP contribution is 2.29. The molecule has 2 nitrogen and oxygen atoms in total. The SMILES string of the molecule is CC1CCCC(CNc2cc(Br)cc(C#N)c2)C1. The highest BCUT2D eigenvalue weighted by molar-refractivity contribution is 9.10. The van der Waals surface area contributed by atoms with Gasteiger partial charge in [-0.2, -0.15) is 5.26 Å². The van der Waals surface area contributed by atoms with Crippen molar-refractivity contribution in [1.29, 1.82) is 5.26 Å². The van der Waals surface area contributed by atoms with Crippen LogP contribution in [0.3, 0.4) is 0 Å². The third-order valence-corrected chi connectivity index (χ3v) is 4.12. The van der Waals surface area contributed by atoms with E-state index in [1.165, 1.54) is 25.7 Å². The van der Waals surface area contributed by atoms with Gasteiger partial charge >= 0.3 is 0 Å². The quantitative estimate of drug-likeness (QED) is 0.888. The van der Waals surface area contributed by atoms with Gasteiger partial charge in [-0.1, -0.05) is 35.7 Å². The lowest BCUT2D eigenvalue weighted by molar-refractivity contribution is 0.293. The molecule has 18 heavy (non-hydrogen) atoms. The zero-order chi connectivity index (χ0) is 13.0. The summed E-state index contributed by atoms with van der Waals surface area (Å²) in [6, 6.07) is 7.97. The minimum atomic E-state index is 0.698. The van der Waals surface area contributed by atoms with Crippen LogP contribution in [0.15, 0.2) is 22.7 Å². The van der Waals surface area contributed by atoms with Crippen LogP contribution < -0.4 is 5.32 Å². The molecule has 1 aromatic rings. The molecule has 1 N–H and O–H groups in total. The molecule has 0 aliphatic heterocycles. The minimum absolute atomic E-state index is 0.698. The minimum Gasteiger partial charge on any atom is -0.385 e. The zero-order valence-electron chi connectivity index (χ0n) is 10.7. The van der Waals surface area contributed by atoms with E-state index in [4.69, 9.17) is 5.26 Å². The van der Waals surface area contributed by atoms with E-state index in [9.17, 15) is 0 Å². The monoisotopic (exact) mass is 306 g/mol. The number of anilines is 1. The summed E-state index contributed by atoms with van der Waals surface area (Å²) in [7, 11) is 0. The average Bonchev–Trinajstić information content (AvgIpc) is 2.36. The molecule has 1 aliphatic carbocycles. The van der Waals surface area contributed by atoms with E-state index in [0.29, 0.717) is 5.56 Å². The summed E-state index contributed by atoms with van der Waals surface area (Å²) in [5.41, 5.74) is 1.74. The van der Waals surface area contributed by atoms with Crippen molar-refractivity contribution in [3.63, 3.8) is 0 Å². The van der Waals surface area contributed by atoms with E-state index in [-0.39, 0.29) is 0 Å². The maximum Gasteiger partial charge on any atom is 0.0992 e. The second kappa shape index (κ2) is 6.24. The third-order valence-electron chi connectivity index (χ3n) is 3.67. The first-order valence-electron chi connectivity index (χ1n) is 6.62. The first-order valence-corrected chi connectivity index (χ1v) is 7.41. The predicted octanol–water partition coefficient (Wildman–Crippen LogP) is 4.56. The van der Waals surface area contributed by atoms with Crippen LogP contribution in [0.1, 0.15) is 38.2 Å². The summed E-state index contributed by atoms with van der Waals surface area (Å²) >= 11 is 3.44. The third kappa shape index (κ3) is 3.74. The molecule has 1 saturated carbocycles. The Hall–Kier alpha value is -1.01. The van der Waals surface area contributed by atoms with Crippen molar-refractivity contribution in [3.05, 3.63) is 28.2 Å². The maximum absolute atomic E-state index is 8.94. The second-order valence-corrected chi connectivity index (χ2v) is 6.27. The lowest BCUT2D eigenvalue weighted by Crippen LogP contribution is -2.21. The van der Waals surface area contributed by atoms with Gasteiger partial charge in [0.1, 0.15) is 0 Å². The van der Waals surface area contributed by atoms with Gasteiger partial charge in [0.15, 0.2) is 0 Å². The van der Waals surface area contributed by atoms with Gasteiger partial charge in [0.25, 0.3) is 0 Å². The number of benzene rings is 1. The van der Waals surface area contributed by atoms with Crippen LogP contribution in [-0.2, 0) is 0 Å². The van der Waals surface area contributed by atoms with Gasteiger partial charge in [-0.05, 0) is 42.9 Å². The second-order valence-electron chi connectivity index (χ2n) is 5.36. The zero-order valence-corrected chi connectivity index (χ0v) is 12.3. The highest BCUT2D eigenvalue weighted by Gasteiger charge is 2.18. The van der Waals surface area contributed by atoms with Crippen molar-refractivity contribution < 1.29 is 0 Å². The van der Waals surface area contributed by atoms with Gasteiger partial charge in [0.05, 0.1) is 11.6 Å². The molecule has 0 radical (unpaired) electrons. The Labute approximate surface area is 118 Å². The molecular weight excluding hydrogens is 288 g/mol. The number of rotatable bonds is 3. The van der Waals surface area contributed by atoms with Gasteiger partial charge in [-0.15, -0.1) is 0 Å². The van der Waals surface area contributed by atoms with Crippen LogP contribution in [0, 0.1) is 23.2 Å². The van der Waals surface area contributed by atoms with Crippen LogP contribution in [0.25, 0.3) is 0 Å². The molecule has 0 amide bonds. The Morgan fingerprint density at radius 1 is 1.39 bits per heavy atom. The fourth-order valence-corrected chi connectivity index (χ4v) is 3.26. The lowest BCUT2D eigenvalue weighted by Gasteiger charge is -2.27. The molecule has 96 valence electrons. The molecule has 0 bridgehead atoms. The van der Waals surface area contributed by atoms with Gasteiger partial charge in [-0.25, -0.2) is 0 Å². The summed E-state index contributed by atoms with van der Waals surface area (Å²) in [6.45, 7) is 3.37. The molecule has 2 rings (SSSR count). The molecule has 0 aromatic heterocycles. The Morgan fingerprint density at radius 3 is 2.94 bits per heavy atom. The van der Waals surface area contributed by atoms with Crippen molar-refractivity contribution in [2.24, 2.45) is 11.8 Å². The first kappa shape index (κ1) is 13.4. The molecule has 0 spiro atoms. The predicted molar refractivity (Wildman–Crippen MR) is 78.5 cm³/mol. The summed E-state index contributed by atoms with van der Waals surface area (Å²) in [4.78, 5) is 0. The molecule has 1 aliphatic rings. The molecular formula is C15H19BrN2. The Bertz CT molecular complexity index is 450. The van der Waals surface area contributed by atoms with Crippen molar-refractivity contribution in [2.75, 3.05) is 11.9 Å². The van der Waals surface area contributed by atoms with E-state index in [0.717, 1.165) is 28.5 Å². The molecule has 2 atom stereocenters. The Kier molecular flexibility index (Phi) is 4.66. The normalized spacial score (nSPS) is 23.4. The number of hydrogen-bond donors (Lipinski definition) is 1. The van der Waals surface area contributed by atoms with Gasteiger partial charge in [0.2, 0.25) is 0 Å². The van der Waals surface area contributed by atoms with Crippen LogP contribution in [0.5, 0.6) is 0 Å². The molecule has 2 unspecified atom stereocenters. The molecule has 0 heterocycles. The van der Waals surface area contributed by atoms with Crippen LogP contribution in [0.2, 0.25) is 0 Å². The molecule has 1 aromatic carbocycles. The maximum atomic E-state index is 8.94. The smallest absolute Gasteiger partial charge is 0.0992 e. The first-order chi connectivity index (χ1) is 8.67. The average molecular weight is 307 g/mol. The van der Waals surface area contributed by atoms with E-state index in [2.05, 4.69) is 34.2 Å². The number of nitriles is 1. The summed E-state index contributed by atoms with van der Waals surface area (Å²) in [5.74, 6) is 1.64. The van der Waals surface area contributed by atoms with Gasteiger partial charge in [-0.3, -0.25) is 0 Å². The Balaban J connectivity index is 1.93. The lowest BCUT2D eigenvalue weighted by atomic mass is 9.82. The fraction of sp³-hybridized carbons (Fsp3) is 0.533. The van der Waals surface area contributed by atoms with Gasteiger partial charge in [0, 0.05) is 16.7 Å². The van der Waals surface area contributed by atoms with Crippen LogP contribution in [0.4, 0.5) is 5.69 Å². The molecule has 3 heteroatoms. The number of nitrogens with zero attached hydrogens (tertiary/aromatic N) is 1. The number of halogens is 1. The van der Waals surface area contributed by atoms with Crippen molar-refractivity contribution in [2.45, 2.75) is 32.6 Å². The van der Waals surface area contributed by atoms with Crippen molar-refractivity contribution >= 4 is 21.6 Å². The van der Waals surface area contributed by atoms with E-state index in [1.54, 1.807) is 0 Å². The number of hydrogen-bond acceptors (Lipinski definition) is 2. The van der Waals surface area contributed by atoms with E-state index < -0.39 is 0 Å². The van der Waals surface area contributed by atoms with Gasteiger partial charge < -0.3 is 5.32 Å². The number of nitrogens with one attached hydrogen (secondary N) is 1. The largest absolute Gasteiger partial charge is 0.385 e. The molecule has 1 fully saturated rings. The highest BCUT2D eigenvalue weighted by atomic mass is 79.9. The van der Waals surface area contributed by atoms with E-state index in [1.807, 2.05) is 18.2 Å². The summed E-state index contributed by atoms with van der Waals surface area (Å²) < 4.78 is 0.959. The van der Waals surface area contributed by atoms with Crippen molar-refractivity contribution in [1.82, 2.24) is 0 Å². The topological polar surface area (TPSA) is 35.8 Å². The standard InChI is InChI=1S/C15H19BrN2/c1-11-3-2-4-12(5-11)10-18-15-7-13(9-17)6-14(16)8-15/h6-8,11-12,18H,2-5,10H2,1H3. The fourth-order valence-electron chi connectivity index (χ4n) is 2.76. The summed E-state index contributed by atoms with van der Waals surface area (Å²) in [6.07, 6.45) is 5.39.